The van der Waals surface area contributed by atoms with E-state index in [1.807, 2.05) is 0 Å². The standard InChI is InChI=1S/C6H12/c1-2-6-4-3-5-6/h6H,2-5H2,1H3/i2D2,3D2,4D2,5D2,6D. The van der Waals surface area contributed by atoms with E-state index in [0.717, 1.165) is 6.92 Å². The van der Waals surface area contributed by atoms with Gasteiger partial charge in [0.25, 0.3) is 0 Å². The van der Waals surface area contributed by atoms with Crippen LogP contribution in [-0.2, 0) is 0 Å². The third-order valence-corrected chi connectivity index (χ3v) is 0.625. The minimum Gasteiger partial charge on any atom is -0.0651 e. The molecule has 0 amide bonds. The van der Waals surface area contributed by atoms with Crippen LogP contribution in [0.1, 0.15) is 44.8 Å². The quantitative estimate of drug-likeness (QED) is 0.466. The predicted octanol–water partition coefficient (Wildman–Crippen LogP) is 2.20. The van der Waals surface area contributed by atoms with E-state index in [4.69, 9.17) is 12.3 Å². The Bertz CT molecular complexity index is 267. The summed E-state index contributed by atoms with van der Waals surface area (Å²) in [6.45, 7) is 0.894. The van der Waals surface area contributed by atoms with E-state index < -0.39 is 31.4 Å². The summed E-state index contributed by atoms with van der Waals surface area (Å²) in [5.41, 5.74) is 0. The van der Waals surface area contributed by atoms with Crippen LogP contribution in [0, 0.1) is 5.89 Å². The van der Waals surface area contributed by atoms with E-state index in [1.54, 1.807) is 0 Å². The Morgan fingerprint density at radius 3 is 3.17 bits per heavy atom. The molecule has 0 radical (unpaired) electrons. The van der Waals surface area contributed by atoms with E-state index in [-0.39, 0.29) is 0 Å². The molecule has 0 heteroatoms. The molecular formula is C6H12. The lowest BCUT2D eigenvalue weighted by molar-refractivity contribution is 0.307. The zero-order chi connectivity index (χ0) is 12.5. The Labute approximate surface area is 52.2 Å². The highest BCUT2D eigenvalue weighted by Gasteiger charge is 2.13. The summed E-state index contributed by atoms with van der Waals surface area (Å²) >= 11 is 0. The van der Waals surface area contributed by atoms with Crippen molar-refractivity contribution in [3.05, 3.63) is 0 Å². The first kappa shape index (κ1) is 0.667. The summed E-state index contributed by atoms with van der Waals surface area (Å²) < 4.78 is 66.1. The molecule has 0 atom stereocenters. The van der Waals surface area contributed by atoms with Crippen LogP contribution in [0.4, 0.5) is 0 Å². The highest BCUT2D eigenvalue weighted by Crippen LogP contribution is 2.28. The summed E-state index contributed by atoms with van der Waals surface area (Å²) in [6, 6.07) is 0. The van der Waals surface area contributed by atoms with E-state index >= 15 is 0 Å². The molecule has 0 nitrogen and oxygen atoms in total. The molecule has 1 saturated carbocycles. The molecule has 0 spiro atoms. The Hall–Kier alpha value is 0. The first-order valence-corrected chi connectivity index (χ1v) is 1.75. The van der Waals surface area contributed by atoms with Crippen LogP contribution < -0.4 is 0 Å². The fraction of sp³-hybridized carbons (Fsp3) is 1.00. The molecule has 0 aromatic rings. The van der Waals surface area contributed by atoms with Gasteiger partial charge in [-0.25, -0.2) is 0 Å². The SMILES string of the molecule is [2H]C([2H])(C)C1([2H])C([2H])([2H])C([2H])([2H])C1([2H])[2H]. The molecule has 1 aliphatic rings. The summed E-state index contributed by atoms with van der Waals surface area (Å²) in [6.07, 6.45) is -11.0. The van der Waals surface area contributed by atoms with E-state index in [0.29, 0.717) is 0 Å². The third-order valence-electron chi connectivity index (χ3n) is 0.625. The third kappa shape index (κ3) is 0.562. The lowest BCUT2D eigenvalue weighted by Gasteiger charge is -2.22. The molecule has 36 valence electrons. The second-order valence-corrected chi connectivity index (χ2v) is 1.00. The van der Waals surface area contributed by atoms with Crippen LogP contribution in [0.25, 0.3) is 0 Å². The van der Waals surface area contributed by atoms with E-state index in [2.05, 4.69) is 0 Å². The topological polar surface area (TPSA) is 0 Å². The molecule has 0 bridgehead atoms. The fourth-order valence-corrected chi connectivity index (χ4v) is 0.250. The Balaban J connectivity index is 3.36. The van der Waals surface area contributed by atoms with Crippen LogP contribution in [-0.4, -0.2) is 0 Å². The van der Waals surface area contributed by atoms with Crippen molar-refractivity contribution in [3.8, 4) is 0 Å². The van der Waals surface area contributed by atoms with Gasteiger partial charge in [0.2, 0.25) is 0 Å². The van der Waals surface area contributed by atoms with Crippen molar-refractivity contribution >= 4 is 0 Å². The molecule has 0 heterocycles. The lowest BCUT2D eigenvalue weighted by atomic mass is 9.84. The van der Waals surface area contributed by atoms with Gasteiger partial charge >= 0.3 is 0 Å². The van der Waals surface area contributed by atoms with Gasteiger partial charge in [-0.2, -0.15) is 0 Å². The van der Waals surface area contributed by atoms with Crippen molar-refractivity contribution in [2.75, 3.05) is 0 Å². The molecule has 0 aromatic heterocycles. The molecule has 0 aromatic carbocycles. The van der Waals surface area contributed by atoms with Crippen molar-refractivity contribution in [2.24, 2.45) is 5.89 Å². The summed E-state index contributed by atoms with van der Waals surface area (Å²) in [5, 5.41) is 0. The number of rotatable bonds is 1. The van der Waals surface area contributed by atoms with Gasteiger partial charge in [0, 0.05) is 12.3 Å². The van der Waals surface area contributed by atoms with Gasteiger partial charge in [0.15, 0.2) is 0 Å². The highest BCUT2D eigenvalue weighted by molar-refractivity contribution is 4.66. The fourth-order valence-electron chi connectivity index (χ4n) is 0.250. The minimum absolute atomic E-state index is 0.894. The lowest BCUT2D eigenvalue weighted by Crippen LogP contribution is -2.08. The van der Waals surface area contributed by atoms with E-state index in [1.165, 1.54) is 0 Å². The smallest absolute Gasteiger partial charge is 0.0303 e. The molecular weight excluding hydrogens is 72.1 g/mol. The largest absolute Gasteiger partial charge is 0.0651 e. The monoisotopic (exact) mass is 93.2 g/mol. The van der Waals surface area contributed by atoms with Crippen molar-refractivity contribution in [1.82, 2.24) is 0 Å². The average Bonchev–Trinajstić information content (AvgIpc) is 1.98. The summed E-state index contributed by atoms with van der Waals surface area (Å²) in [5.74, 6) is -2.74. The van der Waals surface area contributed by atoms with Gasteiger partial charge in [-0.1, -0.05) is 32.4 Å². The van der Waals surface area contributed by atoms with E-state index in [9.17, 15) is 0 Å². The van der Waals surface area contributed by atoms with Gasteiger partial charge in [0.1, 0.15) is 0 Å². The second kappa shape index (κ2) is 1.63. The zero-order valence-electron chi connectivity index (χ0n) is 12.5. The Morgan fingerprint density at radius 2 is 2.83 bits per heavy atom. The van der Waals surface area contributed by atoms with Gasteiger partial charge in [-0.15, -0.1) is 0 Å². The van der Waals surface area contributed by atoms with Crippen LogP contribution in [0.15, 0.2) is 0 Å². The van der Waals surface area contributed by atoms with Crippen LogP contribution in [0.2, 0.25) is 0 Å². The molecule has 0 aliphatic heterocycles. The normalized spacial score (nSPS) is 78.5. The van der Waals surface area contributed by atoms with Crippen molar-refractivity contribution < 1.29 is 12.3 Å². The van der Waals surface area contributed by atoms with Crippen LogP contribution >= 0.6 is 0 Å². The molecule has 6 heavy (non-hydrogen) atoms. The van der Waals surface area contributed by atoms with Gasteiger partial charge in [0.05, 0.1) is 0 Å². The molecule has 0 saturated heterocycles. The molecule has 0 unspecified atom stereocenters. The summed E-state index contributed by atoms with van der Waals surface area (Å²) in [4.78, 5) is 0. The van der Waals surface area contributed by atoms with Gasteiger partial charge < -0.3 is 0 Å². The van der Waals surface area contributed by atoms with Crippen LogP contribution in [0.3, 0.4) is 0 Å². The van der Waals surface area contributed by atoms with Gasteiger partial charge in [-0.05, 0) is 5.89 Å². The van der Waals surface area contributed by atoms with Crippen molar-refractivity contribution in [1.29, 1.82) is 0 Å². The highest BCUT2D eigenvalue weighted by atomic mass is 14.2. The van der Waals surface area contributed by atoms with Crippen LogP contribution in [0.5, 0.6) is 0 Å². The predicted molar refractivity (Wildman–Crippen MR) is 27.6 cm³/mol. The maximum atomic E-state index is 7.61. The molecule has 1 aliphatic carbocycles. The molecule has 1 fully saturated rings. The molecule has 1 rings (SSSR count). The number of hydrogen-bond donors (Lipinski definition) is 0. The molecule has 0 N–H and O–H groups in total. The van der Waals surface area contributed by atoms with Crippen molar-refractivity contribution in [2.45, 2.75) is 32.4 Å². The minimum atomic E-state index is -2.86. The summed E-state index contributed by atoms with van der Waals surface area (Å²) in [7, 11) is 0. The van der Waals surface area contributed by atoms with Crippen molar-refractivity contribution in [3.63, 3.8) is 0 Å². The maximum absolute atomic E-state index is 7.61. The zero-order valence-corrected chi connectivity index (χ0v) is 3.50. The Morgan fingerprint density at radius 1 is 2.17 bits per heavy atom. The Kier molecular flexibility index (Phi) is 0.181. The van der Waals surface area contributed by atoms with Gasteiger partial charge in [-0.3, -0.25) is 0 Å². The average molecular weight is 93.2 g/mol. The first-order chi connectivity index (χ1) is 6.25. The second-order valence-electron chi connectivity index (χ2n) is 1.00. The first-order valence-electron chi connectivity index (χ1n) is 6.25. The maximum Gasteiger partial charge on any atom is 0.0303 e. The number of hydrogen-bond acceptors (Lipinski definition) is 0.